The first-order valence-electron chi connectivity index (χ1n) is 8.94. The van der Waals surface area contributed by atoms with Crippen molar-refractivity contribution in [3.8, 4) is 0 Å². The van der Waals surface area contributed by atoms with Gasteiger partial charge in [0.15, 0.2) is 0 Å². The quantitative estimate of drug-likeness (QED) is 0.813. The van der Waals surface area contributed by atoms with Gasteiger partial charge >= 0.3 is 0 Å². The molecule has 1 aliphatic heterocycles. The van der Waals surface area contributed by atoms with Crippen LogP contribution in [0.1, 0.15) is 18.1 Å². The Kier molecular flexibility index (Phi) is 6.96. The van der Waals surface area contributed by atoms with Gasteiger partial charge in [0, 0.05) is 44.3 Å². The van der Waals surface area contributed by atoms with Gasteiger partial charge in [-0.05, 0) is 38.1 Å². The zero-order valence-corrected chi connectivity index (χ0v) is 15.8. The number of rotatable bonds is 6. The highest BCUT2D eigenvalue weighted by Gasteiger charge is 2.25. The Balaban J connectivity index is 1.80. The zero-order chi connectivity index (χ0) is 18.4. The van der Waals surface area contributed by atoms with Crippen LogP contribution < -0.4 is 10.6 Å². The van der Waals surface area contributed by atoms with E-state index < -0.39 is 0 Å². The van der Waals surface area contributed by atoms with Crippen LogP contribution >= 0.6 is 0 Å². The number of aryl methyl sites for hydroxylation is 1. The maximum Gasteiger partial charge on any atom is 0.238 e. The van der Waals surface area contributed by atoms with E-state index in [1.54, 1.807) is 0 Å². The Labute approximate surface area is 150 Å². The maximum absolute atomic E-state index is 12.3. The molecule has 6 heteroatoms. The molecule has 1 aromatic rings. The van der Waals surface area contributed by atoms with Gasteiger partial charge in [-0.2, -0.15) is 0 Å². The molecule has 0 spiro atoms. The van der Waals surface area contributed by atoms with Crippen molar-refractivity contribution >= 4 is 17.5 Å². The van der Waals surface area contributed by atoms with E-state index in [1.807, 2.05) is 50.9 Å². The number of nitrogens with one attached hydrogen (secondary N) is 2. The van der Waals surface area contributed by atoms with Gasteiger partial charge in [0.25, 0.3) is 0 Å². The minimum atomic E-state index is -0.0101. The highest BCUT2D eigenvalue weighted by molar-refractivity contribution is 5.93. The zero-order valence-electron chi connectivity index (χ0n) is 15.8. The Morgan fingerprint density at radius 1 is 1.16 bits per heavy atom. The van der Waals surface area contributed by atoms with Crippen LogP contribution in [-0.2, 0) is 9.59 Å². The summed E-state index contributed by atoms with van der Waals surface area (Å²) in [6, 6.07) is 5.92. The summed E-state index contributed by atoms with van der Waals surface area (Å²) in [5.41, 5.74) is 3.14. The summed E-state index contributed by atoms with van der Waals surface area (Å²) in [5, 5.41) is 6.04. The molecule has 0 aliphatic carbocycles. The summed E-state index contributed by atoms with van der Waals surface area (Å²) in [4.78, 5) is 28.6. The van der Waals surface area contributed by atoms with Gasteiger partial charge in [0.1, 0.15) is 0 Å². The lowest BCUT2D eigenvalue weighted by Crippen LogP contribution is -2.52. The van der Waals surface area contributed by atoms with Crippen molar-refractivity contribution in [2.24, 2.45) is 5.92 Å². The van der Waals surface area contributed by atoms with Crippen molar-refractivity contribution in [1.82, 2.24) is 15.1 Å². The van der Waals surface area contributed by atoms with Crippen molar-refractivity contribution in [3.63, 3.8) is 0 Å². The lowest BCUT2D eigenvalue weighted by atomic mass is 10.1. The molecule has 0 bridgehead atoms. The second kappa shape index (κ2) is 8.97. The predicted octanol–water partition coefficient (Wildman–Crippen LogP) is 1.24. The molecule has 1 aliphatic rings. The molecule has 25 heavy (non-hydrogen) atoms. The highest BCUT2D eigenvalue weighted by atomic mass is 16.2. The lowest BCUT2D eigenvalue weighted by molar-refractivity contribution is -0.136. The van der Waals surface area contributed by atoms with Crippen LogP contribution in [0.2, 0.25) is 0 Å². The summed E-state index contributed by atoms with van der Waals surface area (Å²) in [6.45, 7) is 9.89. The number of anilines is 1. The number of amides is 2. The molecule has 0 aromatic heterocycles. The Bertz CT molecular complexity index is 609. The van der Waals surface area contributed by atoms with Crippen molar-refractivity contribution in [2.75, 3.05) is 51.6 Å². The van der Waals surface area contributed by atoms with Crippen LogP contribution in [0.15, 0.2) is 18.2 Å². The average Bonchev–Trinajstić information content (AvgIpc) is 2.59. The molecule has 0 saturated carbocycles. The standard InChI is InChI=1S/C19H30N4O2/c1-14-6-5-7-17(16(14)3)21-18(24)13-22-8-10-23(11-9-22)19(25)15(2)12-20-4/h5-7,15,20H,8-13H2,1-4H3,(H,21,24). The molecule has 1 aromatic carbocycles. The number of benzene rings is 1. The molecule has 1 atom stereocenters. The second-order valence-electron chi connectivity index (χ2n) is 6.86. The summed E-state index contributed by atoms with van der Waals surface area (Å²) in [7, 11) is 1.86. The molecule has 138 valence electrons. The Morgan fingerprint density at radius 2 is 1.84 bits per heavy atom. The molecule has 2 N–H and O–H groups in total. The number of piperazine rings is 1. The first-order valence-corrected chi connectivity index (χ1v) is 8.94. The molecule has 1 saturated heterocycles. The van der Waals surface area contributed by atoms with Crippen molar-refractivity contribution < 1.29 is 9.59 Å². The van der Waals surface area contributed by atoms with E-state index in [1.165, 1.54) is 5.56 Å². The minimum Gasteiger partial charge on any atom is -0.340 e. The van der Waals surface area contributed by atoms with E-state index >= 15 is 0 Å². The fourth-order valence-electron chi connectivity index (χ4n) is 3.11. The number of carbonyl (C=O) groups is 2. The molecule has 1 fully saturated rings. The minimum absolute atomic E-state index is 0.00275. The smallest absolute Gasteiger partial charge is 0.238 e. The number of hydrogen-bond donors (Lipinski definition) is 2. The van der Waals surface area contributed by atoms with Gasteiger partial charge in [-0.1, -0.05) is 19.1 Å². The van der Waals surface area contributed by atoms with Crippen molar-refractivity contribution in [2.45, 2.75) is 20.8 Å². The first-order chi connectivity index (χ1) is 11.9. The van der Waals surface area contributed by atoms with Crippen LogP contribution in [0.3, 0.4) is 0 Å². The molecule has 2 rings (SSSR count). The fraction of sp³-hybridized carbons (Fsp3) is 0.579. The van der Waals surface area contributed by atoms with Crippen LogP contribution in [0.25, 0.3) is 0 Å². The molecule has 1 unspecified atom stereocenters. The summed E-state index contributed by atoms with van der Waals surface area (Å²) in [6.07, 6.45) is 0. The van der Waals surface area contributed by atoms with Crippen LogP contribution in [-0.4, -0.2) is 67.9 Å². The van der Waals surface area contributed by atoms with Crippen LogP contribution in [0, 0.1) is 19.8 Å². The molecule has 0 radical (unpaired) electrons. The Hall–Kier alpha value is -1.92. The monoisotopic (exact) mass is 346 g/mol. The third-order valence-electron chi connectivity index (χ3n) is 4.86. The predicted molar refractivity (Wildman–Crippen MR) is 101 cm³/mol. The summed E-state index contributed by atoms with van der Waals surface area (Å²) < 4.78 is 0. The Morgan fingerprint density at radius 3 is 2.48 bits per heavy atom. The van der Waals surface area contributed by atoms with Gasteiger partial charge in [-0.25, -0.2) is 0 Å². The van der Waals surface area contributed by atoms with Gasteiger partial charge < -0.3 is 15.5 Å². The first kappa shape index (κ1) is 19.4. The van der Waals surface area contributed by atoms with Gasteiger partial charge in [0.05, 0.1) is 6.54 Å². The van der Waals surface area contributed by atoms with Crippen LogP contribution in [0.5, 0.6) is 0 Å². The van der Waals surface area contributed by atoms with E-state index in [9.17, 15) is 9.59 Å². The SMILES string of the molecule is CNCC(C)C(=O)N1CCN(CC(=O)Nc2cccc(C)c2C)CC1. The maximum atomic E-state index is 12.3. The van der Waals surface area contributed by atoms with Gasteiger partial charge in [-0.15, -0.1) is 0 Å². The van der Waals surface area contributed by atoms with Gasteiger partial charge in [-0.3, -0.25) is 14.5 Å². The van der Waals surface area contributed by atoms with Crippen LogP contribution in [0.4, 0.5) is 5.69 Å². The van der Waals surface area contributed by atoms with E-state index in [0.717, 1.165) is 24.3 Å². The van der Waals surface area contributed by atoms with E-state index in [4.69, 9.17) is 0 Å². The molecular weight excluding hydrogens is 316 g/mol. The van der Waals surface area contributed by atoms with Crippen molar-refractivity contribution in [3.05, 3.63) is 29.3 Å². The molecule has 1 heterocycles. The van der Waals surface area contributed by atoms with E-state index in [-0.39, 0.29) is 17.7 Å². The van der Waals surface area contributed by atoms with Gasteiger partial charge in [0.2, 0.25) is 11.8 Å². The third-order valence-corrected chi connectivity index (χ3v) is 4.86. The van der Waals surface area contributed by atoms with E-state index in [0.29, 0.717) is 26.2 Å². The largest absolute Gasteiger partial charge is 0.340 e. The normalized spacial score (nSPS) is 16.6. The summed E-state index contributed by atoms with van der Waals surface area (Å²) in [5.74, 6) is 0.176. The number of hydrogen-bond acceptors (Lipinski definition) is 4. The summed E-state index contributed by atoms with van der Waals surface area (Å²) >= 11 is 0. The molecular formula is C19H30N4O2. The number of nitrogens with zero attached hydrogens (tertiary/aromatic N) is 2. The highest BCUT2D eigenvalue weighted by Crippen LogP contribution is 2.18. The fourth-order valence-corrected chi connectivity index (χ4v) is 3.11. The van der Waals surface area contributed by atoms with E-state index in [2.05, 4.69) is 15.5 Å². The van der Waals surface area contributed by atoms with Crippen molar-refractivity contribution in [1.29, 1.82) is 0 Å². The molecule has 6 nitrogen and oxygen atoms in total. The molecule has 2 amide bonds. The lowest BCUT2D eigenvalue weighted by Gasteiger charge is -2.35. The number of carbonyl (C=O) groups excluding carboxylic acids is 2. The average molecular weight is 346 g/mol. The second-order valence-corrected chi connectivity index (χ2v) is 6.86. The topological polar surface area (TPSA) is 64.7 Å². The third kappa shape index (κ3) is 5.28.